The summed E-state index contributed by atoms with van der Waals surface area (Å²) in [4.78, 5) is 10.7. The van der Waals surface area contributed by atoms with E-state index in [9.17, 15) is 4.79 Å². The van der Waals surface area contributed by atoms with Gasteiger partial charge in [-0.15, -0.1) is 12.4 Å². The van der Waals surface area contributed by atoms with Crippen LogP contribution < -0.4 is 22.3 Å². The Hall–Kier alpha value is -1.05. The van der Waals surface area contributed by atoms with E-state index in [1.54, 1.807) is 0 Å². The molecule has 0 aromatic carbocycles. The fraction of sp³-hybridized carbons (Fsp3) is 0.667. The highest BCUT2D eigenvalue weighted by Gasteiger charge is 2.10. The summed E-state index contributed by atoms with van der Waals surface area (Å²) in [6.07, 6.45) is 1.03. The number of hydrogen-bond donors (Lipinski definition) is 6. The van der Waals surface area contributed by atoms with Gasteiger partial charge in [0.2, 0.25) is 0 Å². The molecule has 0 radical (unpaired) electrons. The van der Waals surface area contributed by atoms with Crippen molar-refractivity contribution in [2.45, 2.75) is 18.9 Å². The summed E-state index contributed by atoms with van der Waals surface area (Å²) in [7, 11) is 0. The molecule has 0 aromatic rings. The van der Waals surface area contributed by atoms with Gasteiger partial charge < -0.3 is 16.8 Å². The number of nitrogens with two attached hydrogens (primary N) is 2. The number of amides is 1. The number of guanidine groups is 1. The van der Waals surface area contributed by atoms with Gasteiger partial charge in [0.05, 0.1) is 6.04 Å². The zero-order valence-corrected chi connectivity index (χ0v) is 8.43. The molecule has 0 fully saturated rings. The first-order chi connectivity index (χ1) is 6.07. The Labute approximate surface area is 88.1 Å². The number of halogens is 1. The Kier molecular flexibility index (Phi) is 9.41. The van der Waals surface area contributed by atoms with Crippen LogP contribution in [0.5, 0.6) is 0 Å². The van der Waals surface area contributed by atoms with Crippen LogP contribution in [0, 0.1) is 5.41 Å². The summed E-state index contributed by atoms with van der Waals surface area (Å²) >= 11 is 0. The molecule has 8 N–H and O–H groups in total. The molecule has 8 heteroatoms. The highest BCUT2D eigenvalue weighted by atomic mass is 35.5. The fourth-order valence-corrected chi connectivity index (χ4v) is 0.759. The van der Waals surface area contributed by atoms with E-state index in [1.807, 2.05) is 0 Å². The lowest BCUT2D eigenvalue weighted by molar-refractivity contribution is -0.130. The van der Waals surface area contributed by atoms with E-state index in [4.69, 9.17) is 22.1 Å². The largest absolute Gasteiger partial charge is 0.370 e. The molecule has 0 saturated carbocycles. The Morgan fingerprint density at radius 2 is 2.14 bits per heavy atom. The SMILES string of the molecule is Cl.N=C(N)NCCC[C@H](N)C(=O)NO. The Morgan fingerprint density at radius 1 is 1.57 bits per heavy atom. The first-order valence-electron chi connectivity index (χ1n) is 3.85. The molecule has 0 saturated heterocycles. The standard InChI is InChI=1S/C6H15N5O2.ClH/c7-4(5(12)11-13)2-1-3-10-6(8)9;/h4,13H,1-3,7H2,(H,11,12)(H4,8,9,10);1H/t4-;/m0./s1. The molecule has 14 heavy (non-hydrogen) atoms. The fourth-order valence-electron chi connectivity index (χ4n) is 0.759. The molecule has 0 aliphatic rings. The lowest BCUT2D eigenvalue weighted by Gasteiger charge is -2.08. The molecule has 1 atom stereocenters. The first-order valence-corrected chi connectivity index (χ1v) is 3.85. The van der Waals surface area contributed by atoms with Gasteiger partial charge in [0.15, 0.2) is 5.96 Å². The highest BCUT2D eigenvalue weighted by molar-refractivity contribution is 5.85. The van der Waals surface area contributed by atoms with Gasteiger partial charge in [0.1, 0.15) is 0 Å². The molecule has 1 amide bonds. The third kappa shape index (κ3) is 7.59. The minimum atomic E-state index is -0.723. The average molecular weight is 226 g/mol. The minimum absolute atomic E-state index is 0. The van der Waals surface area contributed by atoms with E-state index in [0.717, 1.165) is 0 Å². The summed E-state index contributed by atoms with van der Waals surface area (Å²) in [6.45, 7) is 0.488. The summed E-state index contributed by atoms with van der Waals surface area (Å²) in [6, 6.07) is -0.723. The van der Waals surface area contributed by atoms with Crippen LogP contribution in [0.25, 0.3) is 0 Å². The highest BCUT2D eigenvalue weighted by Crippen LogP contribution is 1.92. The second-order valence-electron chi connectivity index (χ2n) is 2.57. The summed E-state index contributed by atoms with van der Waals surface area (Å²) in [5, 5.41) is 17.6. The predicted molar refractivity (Wildman–Crippen MR) is 54.3 cm³/mol. The van der Waals surface area contributed by atoms with Crippen molar-refractivity contribution in [3.63, 3.8) is 0 Å². The van der Waals surface area contributed by atoms with Crippen LogP contribution in [0.3, 0.4) is 0 Å². The van der Waals surface area contributed by atoms with Gasteiger partial charge in [-0.2, -0.15) is 0 Å². The van der Waals surface area contributed by atoms with Crippen molar-refractivity contribution in [3.05, 3.63) is 0 Å². The second kappa shape index (κ2) is 8.54. The third-order valence-corrected chi connectivity index (χ3v) is 1.45. The summed E-state index contributed by atoms with van der Waals surface area (Å²) < 4.78 is 0. The number of nitrogens with one attached hydrogen (secondary N) is 3. The van der Waals surface area contributed by atoms with Gasteiger partial charge in [-0.1, -0.05) is 0 Å². The first kappa shape index (κ1) is 15.4. The zero-order valence-electron chi connectivity index (χ0n) is 7.62. The second-order valence-corrected chi connectivity index (χ2v) is 2.57. The lowest BCUT2D eigenvalue weighted by Crippen LogP contribution is -2.39. The Balaban J connectivity index is 0. The molecule has 0 aliphatic carbocycles. The monoisotopic (exact) mass is 225 g/mol. The van der Waals surface area contributed by atoms with Gasteiger partial charge in [-0.3, -0.25) is 15.4 Å². The topological polar surface area (TPSA) is 137 Å². The third-order valence-electron chi connectivity index (χ3n) is 1.45. The van der Waals surface area contributed by atoms with Crippen LogP contribution in [0.1, 0.15) is 12.8 Å². The van der Waals surface area contributed by atoms with Crippen molar-refractivity contribution in [2.24, 2.45) is 11.5 Å². The van der Waals surface area contributed by atoms with Crippen LogP contribution >= 0.6 is 12.4 Å². The molecule has 0 bridgehead atoms. The Morgan fingerprint density at radius 3 is 2.57 bits per heavy atom. The summed E-state index contributed by atoms with van der Waals surface area (Å²) in [5.74, 6) is -0.719. The van der Waals surface area contributed by atoms with Gasteiger partial charge >= 0.3 is 0 Å². The molecule has 0 unspecified atom stereocenters. The minimum Gasteiger partial charge on any atom is -0.370 e. The van der Waals surface area contributed by atoms with E-state index in [1.165, 1.54) is 5.48 Å². The number of hydroxylamine groups is 1. The van der Waals surface area contributed by atoms with Crippen molar-refractivity contribution in [1.82, 2.24) is 10.8 Å². The molecule has 7 nitrogen and oxygen atoms in total. The van der Waals surface area contributed by atoms with Crippen LogP contribution in [0.15, 0.2) is 0 Å². The van der Waals surface area contributed by atoms with Gasteiger partial charge in [0.25, 0.3) is 5.91 Å². The molecule has 0 aromatic heterocycles. The molecule has 0 spiro atoms. The van der Waals surface area contributed by atoms with E-state index in [0.29, 0.717) is 19.4 Å². The van der Waals surface area contributed by atoms with Crippen LogP contribution in [0.4, 0.5) is 0 Å². The van der Waals surface area contributed by atoms with Crippen molar-refractivity contribution < 1.29 is 10.0 Å². The van der Waals surface area contributed by atoms with Crippen molar-refractivity contribution in [1.29, 1.82) is 5.41 Å². The quantitative estimate of drug-likeness (QED) is 0.111. The maximum absolute atomic E-state index is 10.7. The van der Waals surface area contributed by atoms with Crippen molar-refractivity contribution in [3.8, 4) is 0 Å². The van der Waals surface area contributed by atoms with E-state index in [2.05, 4.69) is 5.32 Å². The number of rotatable bonds is 5. The van der Waals surface area contributed by atoms with E-state index >= 15 is 0 Å². The maximum atomic E-state index is 10.7. The summed E-state index contributed by atoms with van der Waals surface area (Å²) in [5.41, 5.74) is 11.8. The molecular formula is C6H16ClN5O2. The molecule has 0 heterocycles. The predicted octanol–water partition coefficient (Wildman–Crippen LogP) is -1.50. The van der Waals surface area contributed by atoms with Crippen molar-refractivity contribution in [2.75, 3.05) is 6.54 Å². The smallest absolute Gasteiger partial charge is 0.260 e. The van der Waals surface area contributed by atoms with Gasteiger partial charge in [-0.25, -0.2) is 5.48 Å². The molecular weight excluding hydrogens is 210 g/mol. The number of carbonyl (C=O) groups excluding carboxylic acids is 1. The van der Waals surface area contributed by atoms with Crippen molar-refractivity contribution >= 4 is 24.3 Å². The average Bonchev–Trinajstić information content (AvgIpc) is 2.10. The van der Waals surface area contributed by atoms with Crippen LogP contribution in [0.2, 0.25) is 0 Å². The lowest BCUT2D eigenvalue weighted by atomic mass is 10.1. The van der Waals surface area contributed by atoms with E-state index < -0.39 is 11.9 Å². The van der Waals surface area contributed by atoms with E-state index in [-0.39, 0.29) is 18.4 Å². The zero-order chi connectivity index (χ0) is 10.3. The maximum Gasteiger partial charge on any atom is 0.260 e. The number of hydrogen-bond acceptors (Lipinski definition) is 4. The van der Waals surface area contributed by atoms with Crippen LogP contribution in [-0.2, 0) is 4.79 Å². The normalized spacial score (nSPS) is 11.0. The molecule has 84 valence electrons. The van der Waals surface area contributed by atoms with Crippen LogP contribution in [-0.4, -0.2) is 29.7 Å². The molecule has 0 rings (SSSR count). The van der Waals surface area contributed by atoms with Gasteiger partial charge in [-0.05, 0) is 12.8 Å². The molecule has 0 aliphatic heterocycles. The number of carbonyl (C=O) groups is 1. The van der Waals surface area contributed by atoms with Gasteiger partial charge in [0, 0.05) is 6.54 Å². The Bertz CT molecular complexity index is 189.